The molecule has 116 valence electrons. The second kappa shape index (κ2) is 5.40. The van der Waals surface area contributed by atoms with Gasteiger partial charge in [0.1, 0.15) is 11.2 Å². The van der Waals surface area contributed by atoms with E-state index in [0.717, 1.165) is 36.8 Å². The first-order chi connectivity index (χ1) is 10.7. The molecule has 1 fully saturated rings. The van der Waals surface area contributed by atoms with Gasteiger partial charge in [-0.3, -0.25) is 0 Å². The third kappa shape index (κ3) is 2.30. The molecule has 22 heavy (non-hydrogen) atoms. The van der Waals surface area contributed by atoms with Crippen LogP contribution in [0.5, 0.6) is 0 Å². The van der Waals surface area contributed by atoms with Gasteiger partial charge in [0, 0.05) is 42.1 Å². The Morgan fingerprint density at radius 1 is 1.50 bits per heavy atom. The molecule has 4 heterocycles. The molecule has 4 rings (SSSR count). The number of aromatic nitrogens is 1. The largest absolute Gasteiger partial charge is 0.379 e. The van der Waals surface area contributed by atoms with Crippen LogP contribution in [0.3, 0.4) is 0 Å². The van der Waals surface area contributed by atoms with Gasteiger partial charge in [-0.05, 0) is 18.9 Å². The first kappa shape index (κ1) is 13.8. The topological polar surface area (TPSA) is 75.8 Å². The van der Waals surface area contributed by atoms with E-state index in [4.69, 9.17) is 10.5 Å². The van der Waals surface area contributed by atoms with Crippen molar-refractivity contribution in [1.82, 2.24) is 15.2 Å². The van der Waals surface area contributed by atoms with E-state index in [2.05, 4.69) is 26.4 Å². The van der Waals surface area contributed by atoms with Crippen molar-refractivity contribution in [3.63, 3.8) is 0 Å². The van der Waals surface area contributed by atoms with Gasteiger partial charge in [0.25, 0.3) is 0 Å². The lowest BCUT2D eigenvalue weighted by Crippen LogP contribution is -2.56. The average Bonchev–Trinajstić information content (AvgIpc) is 3.20. The summed E-state index contributed by atoms with van der Waals surface area (Å²) in [6.45, 7) is 3.60. The van der Waals surface area contributed by atoms with Crippen molar-refractivity contribution in [3.05, 3.63) is 34.1 Å². The molecule has 3 aliphatic heterocycles. The van der Waals surface area contributed by atoms with Crippen molar-refractivity contribution < 1.29 is 4.74 Å². The molecule has 3 N–H and O–H groups in total. The highest BCUT2D eigenvalue weighted by molar-refractivity contribution is 7.10. The summed E-state index contributed by atoms with van der Waals surface area (Å²) >= 11 is 1.67. The summed E-state index contributed by atoms with van der Waals surface area (Å²) in [5.74, 6) is 0.487. The maximum absolute atomic E-state index is 5.94. The van der Waals surface area contributed by atoms with Gasteiger partial charge in [0.2, 0.25) is 0 Å². The van der Waals surface area contributed by atoms with E-state index in [1.54, 1.807) is 11.3 Å². The third-order valence-corrected chi connectivity index (χ3v) is 5.23. The first-order valence-electron chi connectivity index (χ1n) is 7.48. The minimum Gasteiger partial charge on any atom is -0.379 e. The fourth-order valence-electron chi connectivity index (χ4n) is 3.28. The molecule has 0 spiro atoms. The average molecular weight is 317 g/mol. The van der Waals surface area contributed by atoms with Crippen LogP contribution in [0.2, 0.25) is 0 Å². The van der Waals surface area contributed by atoms with Gasteiger partial charge in [-0.1, -0.05) is 0 Å². The number of aliphatic imine (C=N–C) groups is 1. The molecule has 1 aromatic rings. The monoisotopic (exact) mass is 317 g/mol. The van der Waals surface area contributed by atoms with Gasteiger partial charge in [-0.25, -0.2) is 9.98 Å². The molecule has 0 aliphatic carbocycles. The molecular weight excluding hydrogens is 298 g/mol. The fraction of sp³-hybridized carbons (Fsp3) is 0.467. The second-order valence-corrected chi connectivity index (χ2v) is 6.68. The third-order valence-electron chi connectivity index (χ3n) is 4.39. The maximum atomic E-state index is 5.94. The molecule has 0 amide bonds. The number of guanidine groups is 1. The summed E-state index contributed by atoms with van der Waals surface area (Å²) in [6, 6.07) is 0.362. The van der Waals surface area contributed by atoms with Crippen molar-refractivity contribution >= 4 is 22.9 Å². The molecular formula is C15H19N5OS. The van der Waals surface area contributed by atoms with E-state index in [1.165, 1.54) is 11.1 Å². The first-order valence-corrected chi connectivity index (χ1v) is 8.36. The molecule has 1 unspecified atom stereocenters. The number of fused-ring (bicyclic) bond motifs is 1. The van der Waals surface area contributed by atoms with E-state index < -0.39 is 0 Å². The Balaban J connectivity index is 1.76. The zero-order chi connectivity index (χ0) is 15.1. The Morgan fingerprint density at radius 3 is 3.14 bits per heavy atom. The van der Waals surface area contributed by atoms with E-state index in [-0.39, 0.29) is 6.17 Å². The van der Waals surface area contributed by atoms with Gasteiger partial charge in [0.15, 0.2) is 5.96 Å². The van der Waals surface area contributed by atoms with Gasteiger partial charge in [-0.15, -0.1) is 11.3 Å². The van der Waals surface area contributed by atoms with Crippen molar-refractivity contribution in [2.75, 3.05) is 13.2 Å². The van der Waals surface area contributed by atoms with Crippen LogP contribution in [0.1, 0.15) is 24.8 Å². The number of ether oxygens (including phenoxy) is 1. The van der Waals surface area contributed by atoms with Gasteiger partial charge < -0.3 is 20.7 Å². The van der Waals surface area contributed by atoms with Crippen LogP contribution >= 0.6 is 11.3 Å². The number of hydrogen-bond acceptors (Lipinski definition) is 7. The Hall–Kier alpha value is -1.86. The van der Waals surface area contributed by atoms with Crippen LogP contribution in [0.25, 0.3) is 5.57 Å². The van der Waals surface area contributed by atoms with Crippen LogP contribution in [-0.4, -0.2) is 41.3 Å². The minimum absolute atomic E-state index is 0.0768. The molecule has 1 aromatic heterocycles. The number of nitrogens with two attached hydrogens (primary N) is 1. The zero-order valence-electron chi connectivity index (χ0n) is 12.5. The summed E-state index contributed by atoms with van der Waals surface area (Å²) in [6.07, 6.45) is 6.05. The number of nitrogens with zero attached hydrogens (tertiary/aromatic N) is 3. The van der Waals surface area contributed by atoms with Crippen LogP contribution in [0, 0.1) is 0 Å². The van der Waals surface area contributed by atoms with Crippen molar-refractivity contribution in [3.8, 4) is 0 Å². The number of rotatable bonds is 2. The molecule has 7 heteroatoms. The fourth-order valence-corrected chi connectivity index (χ4v) is 3.93. The number of nitrogens with one attached hydrogen (secondary N) is 1. The van der Waals surface area contributed by atoms with E-state index in [0.29, 0.717) is 12.0 Å². The summed E-state index contributed by atoms with van der Waals surface area (Å²) in [7, 11) is 0. The quantitative estimate of drug-likeness (QED) is 0.864. The lowest BCUT2D eigenvalue weighted by Gasteiger charge is -2.42. The molecule has 1 saturated heterocycles. The maximum Gasteiger partial charge on any atom is 0.195 e. The lowest BCUT2D eigenvalue weighted by atomic mass is 9.95. The summed E-state index contributed by atoms with van der Waals surface area (Å²) in [5.41, 5.74) is 9.46. The normalized spacial score (nSPS) is 28.1. The standard InChI is InChI=1S/C15H19N5OS/c1-9-12-6-10(14-17-3-5-22-14)7-20(11-2-4-21-8-11)13(12)19-15(16)18-9/h3,5,7,11,13H,2,4,6,8H2,1H3,(H3,16,18,19)/t11-,13?/m0/s1. The summed E-state index contributed by atoms with van der Waals surface area (Å²) in [4.78, 5) is 11.2. The summed E-state index contributed by atoms with van der Waals surface area (Å²) < 4.78 is 5.58. The highest BCUT2D eigenvalue weighted by Crippen LogP contribution is 2.37. The SMILES string of the molecule is CC1=C2CC(c3nccs3)=CN([C@H]3CCOC3)C2NC(N)=N1. The molecule has 0 bridgehead atoms. The molecule has 0 saturated carbocycles. The smallest absolute Gasteiger partial charge is 0.195 e. The van der Waals surface area contributed by atoms with Gasteiger partial charge >= 0.3 is 0 Å². The van der Waals surface area contributed by atoms with Crippen LogP contribution in [-0.2, 0) is 4.74 Å². The highest BCUT2D eigenvalue weighted by atomic mass is 32.1. The van der Waals surface area contributed by atoms with E-state index >= 15 is 0 Å². The molecule has 2 atom stereocenters. The van der Waals surface area contributed by atoms with Gasteiger partial charge in [-0.2, -0.15) is 0 Å². The second-order valence-electron chi connectivity index (χ2n) is 5.79. The van der Waals surface area contributed by atoms with E-state index in [1.807, 2.05) is 18.5 Å². The Morgan fingerprint density at radius 2 is 2.41 bits per heavy atom. The molecule has 6 nitrogen and oxygen atoms in total. The Labute approximate surface area is 133 Å². The Bertz CT molecular complexity index is 657. The Kier molecular flexibility index (Phi) is 3.38. The molecule has 3 aliphatic rings. The van der Waals surface area contributed by atoms with Crippen molar-refractivity contribution in [1.29, 1.82) is 0 Å². The predicted octanol–water partition coefficient (Wildman–Crippen LogP) is 1.50. The highest BCUT2D eigenvalue weighted by Gasteiger charge is 2.36. The number of hydrogen-bond donors (Lipinski definition) is 2. The van der Waals surface area contributed by atoms with Crippen LogP contribution in [0.15, 0.2) is 34.0 Å². The zero-order valence-corrected chi connectivity index (χ0v) is 13.3. The molecule has 0 radical (unpaired) electrons. The van der Waals surface area contributed by atoms with E-state index in [9.17, 15) is 0 Å². The minimum atomic E-state index is 0.0768. The van der Waals surface area contributed by atoms with Crippen LogP contribution in [0.4, 0.5) is 0 Å². The number of thiazole rings is 1. The van der Waals surface area contributed by atoms with Crippen LogP contribution < -0.4 is 11.1 Å². The van der Waals surface area contributed by atoms with Crippen molar-refractivity contribution in [2.24, 2.45) is 10.7 Å². The van der Waals surface area contributed by atoms with Gasteiger partial charge in [0.05, 0.1) is 12.6 Å². The van der Waals surface area contributed by atoms with Crippen molar-refractivity contribution in [2.45, 2.75) is 32.0 Å². The molecule has 0 aromatic carbocycles. The number of allylic oxidation sites excluding steroid dienone is 2. The predicted molar refractivity (Wildman–Crippen MR) is 87.0 cm³/mol. The summed E-state index contributed by atoms with van der Waals surface area (Å²) in [5, 5.41) is 6.41. The lowest BCUT2D eigenvalue weighted by molar-refractivity contribution is 0.148.